The maximum absolute atomic E-state index is 10.4. The van der Waals surface area contributed by atoms with Crippen LogP contribution in [0.3, 0.4) is 0 Å². The minimum absolute atomic E-state index is 0.165. The van der Waals surface area contributed by atoms with Crippen LogP contribution in [0.4, 0.5) is 0 Å². The standard InChI is InChI=1S/C25H39N3O2/c1-24(2)21-9-11-25(24,3)23(17-21)26-30-19-22(29)18-28-15-13-27(14-16-28)12-10-20-7-5-4-6-8-20/h4-8,21-22,29H,9-19H2,1-3H3/b26-23+. The summed E-state index contributed by atoms with van der Waals surface area (Å²) in [7, 11) is 0. The highest BCUT2D eigenvalue weighted by atomic mass is 16.6. The Morgan fingerprint density at radius 2 is 1.80 bits per heavy atom. The van der Waals surface area contributed by atoms with Crippen LogP contribution in [0.25, 0.3) is 0 Å². The largest absolute Gasteiger partial charge is 0.393 e. The molecule has 2 saturated carbocycles. The van der Waals surface area contributed by atoms with Crippen LogP contribution in [0.2, 0.25) is 0 Å². The summed E-state index contributed by atoms with van der Waals surface area (Å²) >= 11 is 0. The average molecular weight is 414 g/mol. The molecular formula is C25H39N3O2. The van der Waals surface area contributed by atoms with Crippen molar-refractivity contribution in [1.82, 2.24) is 9.80 Å². The Morgan fingerprint density at radius 3 is 2.43 bits per heavy atom. The molecule has 5 nitrogen and oxygen atoms in total. The van der Waals surface area contributed by atoms with Gasteiger partial charge in [0.05, 0.1) is 5.71 Å². The normalized spacial score (nSPS) is 31.3. The van der Waals surface area contributed by atoms with Gasteiger partial charge in [-0.1, -0.05) is 56.3 Å². The molecule has 0 radical (unpaired) electrons. The molecule has 1 aromatic carbocycles. The molecule has 5 heteroatoms. The number of fused-ring (bicyclic) bond motifs is 2. The number of oxime groups is 1. The number of β-amino-alcohol motifs (C(OH)–C–C–N with tert-alkyl or cyclic N) is 1. The lowest BCUT2D eigenvalue weighted by atomic mass is 9.70. The smallest absolute Gasteiger partial charge is 0.144 e. The van der Waals surface area contributed by atoms with E-state index in [1.54, 1.807) is 0 Å². The molecule has 1 N–H and O–H groups in total. The summed E-state index contributed by atoms with van der Waals surface area (Å²) in [6.07, 6.45) is 4.20. The van der Waals surface area contributed by atoms with E-state index in [0.717, 1.165) is 51.5 Å². The molecule has 3 unspecified atom stereocenters. The van der Waals surface area contributed by atoms with Crippen molar-refractivity contribution in [2.45, 2.75) is 52.6 Å². The zero-order valence-electron chi connectivity index (χ0n) is 19.0. The Bertz CT molecular complexity index is 727. The Balaban J connectivity index is 1.15. The van der Waals surface area contributed by atoms with E-state index in [2.05, 4.69) is 66.1 Å². The van der Waals surface area contributed by atoms with Gasteiger partial charge in [-0.05, 0) is 42.6 Å². The summed E-state index contributed by atoms with van der Waals surface area (Å²) in [6.45, 7) is 13.3. The van der Waals surface area contributed by atoms with Gasteiger partial charge >= 0.3 is 0 Å². The number of benzene rings is 1. The molecule has 0 aromatic heterocycles. The van der Waals surface area contributed by atoms with Gasteiger partial charge in [-0.2, -0.15) is 0 Å². The fourth-order valence-electron chi connectivity index (χ4n) is 5.75. The average Bonchev–Trinajstić information content (AvgIpc) is 3.08. The van der Waals surface area contributed by atoms with Crippen LogP contribution in [0.1, 0.15) is 45.6 Å². The highest BCUT2D eigenvalue weighted by molar-refractivity contribution is 5.93. The van der Waals surface area contributed by atoms with Gasteiger partial charge in [0.25, 0.3) is 0 Å². The van der Waals surface area contributed by atoms with E-state index in [1.807, 2.05) is 0 Å². The number of hydrogen-bond donors (Lipinski definition) is 1. The second kappa shape index (κ2) is 8.97. The monoisotopic (exact) mass is 413 g/mol. The number of hydrogen-bond acceptors (Lipinski definition) is 5. The number of aliphatic hydroxyl groups is 1. The fourth-order valence-corrected chi connectivity index (χ4v) is 5.75. The van der Waals surface area contributed by atoms with Crippen molar-refractivity contribution in [3.05, 3.63) is 35.9 Å². The third kappa shape index (κ3) is 4.44. The molecule has 166 valence electrons. The summed E-state index contributed by atoms with van der Waals surface area (Å²) in [5, 5.41) is 14.9. The Kier molecular flexibility index (Phi) is 6.52. The van der Waals surface area contributed by atoms with E-state index in [9.17, 15) is 5.11 Å². The first-order valence-electron chi connectivity index (χ1n) is 11.7. The van der Waals surface area contributed by atoms with E-state index in [1.165, 1.54) is 24.1 Å². The first kappa shape index (κ1) is 21.8. The van der Waals surface area contributed by atoms with Gasteiger partial charge in [0.2, 0.25) is 0 Å². The quantitative estimate of drug-likeness (QED) is 0.664. The van der Waals surface area contributed by atoms with Crippen molar-refractivity contribution in [3.63, 3.8) is 0 Å². The molecule has 3 aliphatic rings. The van der Waals surface area contributed by atoms with Crippen molar-refractivity contribution in [1.29, 1.82) is 0 Å². The lowest BCUT2D eigenvalue weighted by Gasteiger charge is -2.35. The van der Waals surface area contributed by atoms with Crippen molar-refractivity contribution in [2.24, 2.45) is 21.9 Å². The lowest BCUT2D eigenvalue weighted by molar-refractivity contribution is 0.00796. The molecule has 30 heavy (non-hydrogen) atoms. The van der Waals surface area contributed by atoms with Crippen molar-refractivity contribution < 1.29 is 9.94 Å². The topological polar surface area (TPSA) is 48.3 Å². The molecule has 1 heterocycles. The predicted molar refractivity (Wildman–Crippen MR) is 122 cm³/mol. The van der Waals surface area contributed by atoms with Crippen LogP contribution in [-0.4, -0.2) is 72.6 Å². The molecule has 0 amide bonds. The van der Waals surface area contributed by atoms with Gasteiger partial charge < -0.3 is 14.8 Å². The zero-order valence-corrected chi connectivity index (χ0v) is 19.0. The van der Waals surface area contributed by atoms with Gasteiger partial charge in [0.1, 0.15) is 12.7 Å². The van der Waals surface area contributed by atoms with Crippen LogP contribution in [0.15, 0.2) is 35.5 Å². The molecule has 1 aromatic rings. The highest BCUT2D eigenvalue weighted by Crippen LogP contribution is 2.63. The highest BCUT2D eigenvalue weighted by Gasteiger charge is 2.60. The van der Waals surface area contributed by atoms with Gasteiger partial charge in [0, 0.05) is 44.7 Å². The van der Waals surface area contributed by atoms with Crippen molar-refractivity contribution >= 4 is 5.71 Å². The maximum Gasteiger partial charge on any atom is 0.144 e. The third-order valence-corrected chi connectivity index (χ3v) is 8.45. The fraction of sp³-hybridized carbons (Fsp3) is 0.720. The molecule has 1 aliphatic heterocycles. The van der Waals surface area contributed by atoms with Crippen LogP contribution < -0.4 is 0 Å². The zero-order chi connectivity index (χ0) is 21.2. The van der Waals surface area contributed by atoms with E-state index in [0.29, 0.717) is 18.6 Å². The first-order chi connectivity index (χ1) is 14.4. The molecule has 3 atom stereocenters. The third-order valence-electron chi connectivity index (χ3n) is 8.45. The summed E-state index contributed by atoms with van der Waals surface area (Å²) in [5.41, 5.74) is 3.09. The van der Waals surface area contributed by atoms with Crippen LogP contribution in [0, 0.1) is 16.7 Å². The Morgan fingerprint density at radius 1 is 1.10 bits per heavy atom. The molecule has 2 aliphatic carbocycles. The molecule has 4 rings (SSSR count). The summed E-state index contributed by atoms with van der Waals surface area (Å²) in [5.74, 6) is 0.730. The van der Waals surface area contributed by atoms with Crippen molar-refractivity contribution in [2.75, 3.05) is 45.9 Å². The van der Waals surface area contributed by atoms with Crippen LogP contribution in [0.5, 0.6) is 0 Å². The van der Waals surface area contributed by atoms with Gasteiger partial charge in [-0.25, -0.2) is 0 Å². The first-order valence-corrected chi connectivity index (χ1v) is 11.7. The predicted octanol–water partition coefficient (Wildman–Crippen LogP) is 3.43. The molecule has 2 bridgehead atoms. The molecule has 1 saturated heterocycles. The minimum Gasteiger partial charge on any atom is -0.393 e. The Labute approximate surface area is 182 Å². The summed E-state index contributed by atoms with van der Waals surface area (Å²) < 4.78 is 0. The van der Waals surface area contributed by atoms with Crippen LogP contribution in [-0.2, 0) is 11.3 Å². The Hall–Kier alpha value is -1.43. The summed E-state index contributed by atoms with van der Waals surface area (Å²) in [6, 6.07) is 10.7. The number of nitrogens with zero attached hydrogens (tertiary/aromatic N) is 3. The van der Waals surface area contributed by atoms with E-state index in [4.69, 9.17) is 4.84 Å². The second-order valence-electron chi connectivity index (χ2n) is 10.4. The lowest BCUT2D eigenvalue weighted by Crippen LogP contribution is -2.49. The molecular weight excluding hydrogens is 374 g/mol. The number of aliphatic hydroxyl groups excluding tert-OH is 1. The second-order valence-corrected chi connectivity index (χ2v) is 10.4. The molecule has 3 fully saturated rings. The van der Waals surface area contributed by atoms with E-state index < -0.39 is 6.10 Å². The SMILES string of the molecule is CC12CCC(C/C1=N\OCC(O)CN1CCN(CCc3ccccc3)CC1)C2(C)C. The number of rotatable bonds is 8. The van der Waals surface area contributed by atoms with Crippen LogP contribution >= 0.6 is 0 Å². The van der Waals surface area contributed by atoms with E-state index in [-0.39, 0.29) is 5.41 Å². The van der Waals surface area contributed by atoms with Gasteiger partial charge in [0.15, 0.2) is 0 Å². The maximum atomic E-state index is 10.4. The van der Waals surface area contributed by atoms with Gasteiger partial charge in [-0.15, -0.1) is 0 Å². The van der Waals surface area contributed by atoms with Gasteiger partial charge in [-0.3, -0.25) is 4.90 Å². The van der Waals surface area contributed by atoms with Crippen molar-refractivity contribution in [3.8, 4) is 0 Å². The van der Waals surface area contributed by atoms with E-state index >= 15 is 0 Å². The minimum atomic E-state index is -0.482. The number of piperazine rings is 1. The summed E-state index contributed by atoms with van der Waals surface area (Å²) in [4.78, 5) is 10.5. The molecule has 0 spiro atoms.